The lowest BCUT2D eigenvalue weighted by Crippen LogP contribution is -2.51. The fourth-order valence-corrected chi connectivity index (χ4v) is 4.86. The Morgan fingerprint density at radius 3 is 2.96 bits per heavy atom. The van der Waals surface area contributed by atoms with Gasteiger partial charge in [-0.05, 0) is 48.9 Å². The van der Waals surface area contributed by atoms with Crippen LogP contribution in [0.5, 0.6) is 0 Å². The molecule has 3 heterocycles. The number of hydrogen-bond acceptors (Lipinski definition) is 4. The third kappa shape index (κ3) is 3.26. The largest absolute Gasteiger partial charge is 0.480 e. The minimum atomic E-state index is -0.905. The van der Waals surface area contributed by atoms with Crippen LogP contribution in [0.2, 0.25) is 0 Å². The minimum Gasteiger partial charge on any atom is -0.480 e. The summed E-state index contributed by atoms with van der Waals surface area (Å²) in [6, 6.07) is -0.310. The first-order chi connectivity index (χ1) is 12.5. The van der Waals surface area contributed by atoms with Crippen LogP contribution in [-0.4, -0.2) is 60.0 Å². The molecule has 0 saturated carbocycles. The third-order valence-electron chi connectivity index (χ3n) is 6.29. The summed E-state index contributed by atoms with van der Waals surface area (Å²) in [6.45, 7) is 4.14. The van der Waals surface area contributed by atoms with Gasteiger partial charge >= 0.3 is 5.97 Å². The zero-order valence-electron chi connectivity index (χ0n) is 15.2. The van der Waals surface area contributed by atoms with E-state index in [4.69, 9.17) is 0 Å². The van der Waals surface area contributed by atoms with Crippen molar-refractivity contribution in [1.82, 2.24) is 15.5 Å². The van der Waals surface area contributed by atoms with Gasteiger partial charge in [-0.25, -0.2) is 4.39 Å². The highest BCUT2D eigenvalue weighted by atomic mass is 19.1. The van der Waals surface area contributed by atoms with E-state index in [1.54, 1.807) is 6.08 Å². The number of hydrogen-bond donors (Lipinski definition) is 3. The highest BCUT2D eigenvalue weighted by Gasteiger charge is 2.43. The zero-order valence-corrected chi connectivity index (χ0v) is 15.2. The SMILES string of the molecule is C[C@H]1C=C(C2NCCC=C2[C@@H]2CCC3NCC(C(=O)O)N3C2)C=CC1F. The first kappa shape index (κ1) is 17.9. The van der Waals surface area contributed by atoms with E-state index in [1.807, 2.05) is 19.1 Å². The highest BCUT2D eigenvalue weighted by Crippen LogP contribution is 2.36. The van der Waals surface area contributed by atoms with E-state index >= 15 is 0 Å². The second-order valence-corrected chi connectivity index (χ2v) is 7.96. The number of fused-ring (bicyclic) bond motifs is 1. The first-order valence-electron chi connectivity index (χ1n) is 9.74. The summed E-state index contributed by atoms with van der Waals surface area (Å²) in [4.78, 5) is 13.7. The van der Waals surface area contributed by atoms with Crippen molar-refractivity contribution < 1.29 is 14.3 Å². The van der Waals surface area contributed by atoms with Gasteiger partial charge in [0, 0.05) is 19.0 Å². The summed E-state index contributed by atoms with van der Waals surface area (Å²) in [5, 5.41) is 16.4. The molecule has 3 N–H and O–H groups in total. The average molecular weight is 361 g/mol. The van der Waals surface area contributed by atoms with Crippen LogP contribution in [0.25, 0.3) is 0 Å². The van der Waals surface area contributed by atoms with Crippen LogP contribution in [0.3, 0.4) is 0 Å². The van der Waals surface area contributed by atoms with E-state index in [0.29, 0.717) is 12.5 Å². The first-order valence-corrected chi connectivity index (χ1v) is 9.74. The van der Waals surface area contributed by atoms with E-state index in [1.165, 1.54) is 5.57 Å². The Morgan fingerprint density at radius 2 is 2.19 bits per heavy atom. The van der Waals surface area contributed by atoms with Gasteiger partial charge in [-0.3, -0.25) is 15.0 Å². The molecule has 0 radical (unpaired) electrons. The molecule has 6 atom stereocenters. The lowest BCUT2D eigenvalue weighted by Gasteiger charge is -2.41. The smallest absolute Gasteiger partial charge is 0.322 e. The molecule has 3 aliphatic heterocycles. The van der Waals surface area contributed by atoms with Gasteiger partial charge in [0.2, 0.25) is 0 Å². The summed E-state index contributed by atoms with van der Waals surface area (Å²) >= 11 is 0. The van der Waals surface area contributed by atoms with E-state index in [0.717, 1.165) is 37.9 Å². The molecule has 1 aliphatic carbocycles. The Bertz CT molecular complexity index is 659. The Kier molecular flexibility index (Phi) is 4.99. The van der Waals surface area contributed by atoms with Crippen molar-refractivity contribution in [3.8, 4) is 0 Å². The van der Waals surface area contributed by atoms with Crippen LogP contribution in [0.1, 0.15) is 26.2 Å². The van der Waals surface area contributed by atoms with Crippen LogP contribution in [0.4, 0.5) is 4.39 Å². The molecule has 4 rings (SSSR count). The third-order valence-corrected chi connectivity index (χ3v) is 6.29. The number of rotatable bonds is 3. The van der Waals surface area contributed by atoms with Crippen LogP contribution < -0.4 is 10.6 Å². The average Bonchev–Trinajstić information content (AvgIpc) is 3.07. The standard InChI is InChI=1S/C20H28FN3O2/c1-12-9-13(4-6-16(12)21)19-15(3-2-8-22-19)14-5-7-18-23-10-17(20(25)26)24(18)11-14/h3-4,6,9,12,14,16-19,22-23H,2,5,7-8,10-11H2,1H3,(H,25,26)/t12-,14+,16?,17?,18?,19?/m0/s1. The van der Waals surface area contributed by atoms with Gasteiger partial charge < -0.3 is 10.4 Å². The van der Waals surface area contributed by atoms with Gasteiger partial charge in [0.1, 0.15) is 12.2 Å². The van der Waals surface area contributed by atoms with Gasteiger partial charge in [-0.1, -0.05) is 25.2 Å². The Balaban J connectivity index is 1.54. The molecule has 0 spiro atoms. The maximum Gasteiger partial charge on any atom is 0.322 e. The molecule has 0 amide bonds. The van der Waals surface area contributed by atoms with Crippen LogP contribution in [0, 0.1) is 11.8 Å². The number of piperidine rings is 1. The predicted molar refractivity (Wildman–Crippen MR) is 98.4 cm³/mol. The van der Waals surface area contributed by atoms with Gasteiger partial charge in [0.25, 0.3) is 0 Å². The lowest BCUT2D eigenvalue weighted by atomic mass is 9.79. The Morgan fingerprint density at radius 1 is 1.35 bits per heavy atom. The fraction of sp³-hybridized carbons (Fsp3) is 0.650. The van der Waals surface area contributed by atoms with Gasteiger partial charge in [-0.2, -0.15) is 0 Å². The fourth-order valence-electron chi connectivity index (χ4n) is 4.86. The van der Waals surface area contributed by atoms with Gasteiger partial charge in [0.15, 0.2) is 0 Å². The highest BCUT2D eigenvalue weighted by molar-refractivity contribution is 5.74. The normalized spacial score (nSPS) is 40.7. The molecule has 2 fully saturated rings. The number of carboxylic acid groups (broad SMARTS) is 1. The summed E-state index contributed by atoms with van der Waals surface area (Å²) < 4.78 is 13.8. The summed E-state index contributed by atoms with van der Waals surface area (Å²) in [7, 11) is 0. The van der Waals surface area contributed by atoms with Crippen molar-refractivity contribution in [3.63, 3.8) is 0 Å². The van der Waals surface area contributed by atoms with Crippen molar-refractivity contribution >= 4 is 5.97 Å². The molecule has 2 saturated heterocycles. The van der Waals surface area contributed by atoms with Gasteiger partial charge in [-0.15, -0.1) is 0 Å². The monoisotopic (exact) mass is 361 g/mol. The Hall–Kier alpha value is -1.50. The summed E-state index contributed by atoms with van der Waals surface area (Å²) in [5.74, 6) is -0.498. The van der Waals surface area contributed by atoms with E-state index < -0.39 is 18.2 Å². The number of alkyl halides is 1. The van der Waals surface area contributed by atoms with Crippen molar-refractivity contribution in [2.24, 2.45) is 11.8 Å². The molecule has 0 bridgehead atoms. The summed E-state index contributed by atoms with van der Waals surface area (Å²) in [5.41, 5.74) is 2.50. The molecule has 4 aliphatic rings. The topological polar surface area (TPSA) is 64.6 Å². The van der Waals surface area contributed by atoms with Crippen LogP contribution in [-0.2, 0) is 4.79 Å². The number of aliphatic carboxylic acids is 1. The molecular formula is C20H28FN3O2. The summed E-state index contributed by atoms with van der Waals surface area (Å²) in [6.07, 6.45) is 10.3. The van der Waals surface area contributed by atoms with E-state index in [9.17, 15) is 14.3 Å². The number of halogens is 1. The maximum absolute atomic E-state index is 13.8. The lowest BCUT2D eigenvalue weighted by molar-refractivity contribution is -0.142. The minimum absolute atomic E-state index is 0.102. The second kappa shape index (κ2) is 7.25. The van der Waals surface area contributed by atoms with Gasteiger partial charge in [0.05, 0.1) is 12.2 Å². The molecule has 142 valence electrons. The number of nitrogens with zero attached hydrogens (tertiary/aromatic N) is 1. The second-order valence-electron chi connectivity index (χ2n) is 7.96. The molecule has 5 nitrogen and oxygen atoms in total. The molecule has 0 aromatic carbocycles. The molecular weight excluding hydrogens is 333 g/mol. The molecule has 4 unspecified atom stereocenters. The van der Waals surface area contributed by atoms with E-state index in [-0.39, 0.29) is 18.1 Å². The number of carbonyl (C=O) groups is 1. The molecule has 6 heteroatoms. The molecule has 0 aromatic heterocycles. The number of carboxylic acids is 1. The zero-order chi connectivity index (χ0) is 18.3. The van der Waals surface area contributed by atoms with Crippen molar-refractivity contribution in [2.45, 2.75) is 50.6 Å². The van der Waals surface area contributed by atoms with Crippen molar-refractivity contribution in [2.75, 3.05) is 19.6 Å². The Labute approximate surface area is 154 Å². The van der Waals surface area contributed by atoms with E-state index in [2.05, 4.69) is 21.6 Å². The number of nitrogens with one attached hydrogen (secondary N) is 2. The molecule has 26 heavy (non-hydrogen) atoms. The van der Waals surface area contributed by atoms with Crippen LogP contribution in [0.15, 0.2) is 35.5 Å². The van der Waals surface area contributed by atoms with Crippen molar-refractivity contribution in [3.05, 3.63) is 35.5 Å². The quantitative estimate of drug-likeness (QED) is 0.670. The molecule has 0 aromatic rings. The number of allylic oxidation sites excluding steroid dienone is 2. The predicted octanol–water partition coefficient (Wildman–Crippen LogP) is 1.84. The van der Waals surface area contributed by atoms with Crippen LogP contribution >= 0.6 is 0 Å². The maximum atomic E-state index is 13.8. The van der Waals surface area contributed by atoms with Crippen molar-refractivity contribution in [1.29, 1.82) is 0 Å².